The van der Waals surface area contributed by atoms with Gasteiger partial charge in [0.15, 0.2) is 0 Å². The van der Waals surface area contributed by atoms with Crippen LogP contribution in [0.1, 0.15) is 32.1 Å². The second-order valence-corrected chi connectivity index (χ2v) is 3.77. The van der Waals surface area contributed by atoms with Crippen LogP contribution in [0.3, 0.4) is 0 Å². The molecule has 0 atom stereocenters. The molecule has 1 nitrogen and oxygen atoms in total. The summed E-state index contributed by atoms with van der Waals surface area (Å²) in [6.45, 7) is 1.30. The lowest BCUT2D eigenvalue weighted by Gasteiger charge is -2.20. The molecule has 0 bridgehead atoms. The summed E-state index contributed by atoms with van der Waals surface area (Å²) >= 11 is 0. The number of hydrogen-bond donors (Lipinski definition) is 1. The first-order chi connectivity index (χ1) is 4.43. The van der Waals surface area contributed by atoms with Crippen LogP contribution in [0.25, 0.3) is 0 Å². The van der Waals surface area contributed by atoms with Crippen molar-refractivity contribution in [3.8, 4) is 0 Å². The molecular weight excluding hydrogens is 126 g/mol. The van der Waals surface area contributed by atoms with Crippen LogP contribution < -0.4 is 4.98 Å². The van der Waals surface area contributed by atoms with Crippen molar-refractivity contribution in [2.24, 2.45) is 5.92 Å². The third-order valence-electron chi connectivity index (χ3n) is 2.22. The van der Waals surface area contributed by atoms with Gasteiger partial charge in [0.1, 0.15) is 0 Å². The van der Waals surface area contributed by atoms with Crippen molar-refractivity contribution in [3.63, 3.8) is 0 Å². The molecule has 1 fully saturated rings. The SMILES string of the molecule is [SiH3]NCC1CCCCC1. The lowest BCUT2D eigenvalue weighted by molar-refractivity contribution is 0.359. The van der Waals surface area contributed by atoms with E-state index in [1.54, 1.807) is 0 Å². The van der Waals surface area contributed by atoms with Crippen LogP contribution in [0.4, 0.5) is 0 Å². The molecule has 0 heterocycles. The van der Waals surface area contributed by atoms with Gasteiger partial charge in [0.05, 0.1) is 10.4 Å². The van der Waals surface area contributed by atoms with Gasteiger partial charge in [-0.05, 0) is 25.3 Å². The summed E-state index contributed by atoms with van der Waals surface area (Å²) in [6.07, 6.45) is 7.41. The molecule has 0 aromatic rings. The number of hydrogen-bond acceptors (Lipinski definition) is 1. The standard InChI is InChI=1S/C7H17NSi/c9-8-6-7-4-2-1-3-5-7/h7-8H,1-6H2,9H3. The smallest absolute Gasteiger partial charge is 0.0749 e. The molecule has 1 N–H and O–H groups in total. The van der Waals surface area contributed by atoms with Gasteiger partial charge in [0.25, 0.3) is 0 Å². The van der Waals surface area contributed by atoms with Gasteiger partial charge in [-0.1, -0.05) is 19.3 Å². The van der Waals surface area contributed by atoms with Gasteiger partial charge in [-0.3, -0.25) is 0 Å². The van der Waals surface area contributed by atoms with Crippen molar-refractivity contribution < 1.29 is 0 Å². The Labute approximate surface area is 60.7 Å². The summed E-state index contributed by atoms with van der Waals surface area (Å²) in [5.74, 6) is 1.02. The lowest BCUT2D eigenvalue weighted by Crippen LogP contribution is -2.21. The van der Waals surface area contributed by atoms with E-state index in [1.807, 2.05) is 0 Å². The van der Waals surface area contributed by atoms with Gasteiger partial charge in [-0.25, -0.2) is 0 Å². The van der Waals surface area contributed by atoms with Crippen LogP contribution in [-0.2, 0) is 0 Å². The van der Waals surface area contributed by atoms with Crippen molar-refractivity contribution in [2.75, 3.05) is 6.54 Å². The van der Waals surface area contributed by atoms with Crippen molar-refractivity contribution in [2.45, 2.75) is 32.1 Å². The number of nitrogens with one attached hydrogen (secondary N) is 1. The van der Waals surface area contributed by atoms with Gasteiger partial charge in [-0.2, -0.15) is 0 Å². The molecule has 1 aliphatic rings. The molecule has 2 heteroatoms. The first kappa shape index (κ1) is 7.29. The molecule has 0 unspecified atom stereocenters. The quantitative estimate of drug-likeness (QED) is 0.553. The third kappa shape index (κ3) is 2.50. The minimum Gasteiger partial charge on any atom is -0.345 e. The lowest BCUT2D eigenvalue weighted by atomic mass is 9.90. The molecule has 0 aliphatic heterocycles. The highest BCUT2D eigenvalue weighted by Crippen LogP contribution is 2.22. The summed E-state index contributed by atoms with van der Waals surface area (Å²) in [4.78, 5) is 3.38. The third-order valence-corrected chi connectivity index (χ3v) is 2.63. The minimum atomic E-state index is 1.02. The topological polar surface area (TPSA) is 12.0 Å². The van der Waals surface area contributed by atoms with E-state index >= 15 is 0 Å². The maximum absolute atomic E-state index is 3.38. The predicted molar refractivity (Wildman–Crippen MR) is 44.5 cm³/mol. The van der Waals surface area contributed by atoms with E-state index in [0.717, 1.165) is 5.92 Å². The van der Waals surface area contributed by atoms with Gasteiger partial charge in [0.2, 0.25) is 0 Å². The van der Waals surface area contributed by atoms with Crippen LogP contribution in [0.5, 0.6) is 0 Å². The Balaban J connectivity index is 2.08. The van der Waals surface area contributed by atoms with E-state index in [2.05, 4.69) is 4.98 Å². The molecule has 1 saturated carbocycles. The Kier molecular flexibility index (Phi) is 3.29. The summed E-state index contributed by atoms with van der Waals surface area (Å²) in [5, 5.41) is 0. The summed E-state index contributed by atoms with van der Waals surface area (Å²) < 4.78 is 0. The van der Waals surface area contributed by atoms with E-state index < -0.39 is 0 Å². The highest BCUT2D eigenvalue weighted by Gasteiger charge is 2.10. The fraction of sp³-hybridized carbons (Fsp3) is 1.00. The van der Waals surface area contributed by atoms with Gasteiger partial charge < -0.3 is 4.98 Å². The second-order valence-electron chi connectivity index (χ2n) is 3.06. The van der Waals surface area contributed by atoms with Crippen LogP contribution in [-0.4, -0.2) is 16.9 Å². The van der Waals surface area contributed by atoms with Gasteiger partial charge in [-0.15, -0.1) is 0 Å². The van der Waals surface area contributed by atoms with E-state index in [1.165, 1.54) is 49.1 Å². The average molecular weight is 143 g/mol. The van der Waals surface area contributed by atoms with Crippen molar-refractivity contribution >= 4 is 10.4 Å². The fourth-order valence-corrected chi connectivity index (χ4v) is 2.26. The maximum atomic E-state index is 3.38. The van der Waals surface area contributed by atoms with Crippen molar-refractivity contribution in [1.29, 1.82) is 0 Å². The first-order valence-electron chi connectivity index (χ1n) is 4.08. The van der Waals surface area contributed by atoms with Crippen molar-refractivity contribution in [3.05, 3.63) is 0 Å². The van der Waals surface area contributed by atoms with Crippen LogP contribution in [0.2, 0.25) is 0 Å². The second kappa shape index (κ2) is 4.07. The van der Waals surface area contributed by atoms with Gasteiger partial charge >= 0.3 is 0 Å². The zero-order valence-corrected chi connectivity index (χ0v) is 8.32. The molecule has 54 valence electrons. The Morgan fingerprint density at radius 2 is 1.89 bits per heavy atom. The van der Waals surface area contributed by atoms with Crippen LogP contribution in [0, 0.1) is 5.92 Å². The predicted octanol–water partition coefficient (Wildman–Crippen LogP) is 0.437. The van der Waals surface area contributed by atoms with E-state index in [0.29, 0.717) is 0 Å². The zero-order chi connectivity index (χ0) is 6.53. The molecule has 0 amide bonds. The molecular formula is C7H17NSi. The monoisotopic (exact) mass is 143 g/mol. The summed E-state index contributed by atoms with van der Waals surface area (Å²) in [6, 6.07) is 0. The zero-order valence-electron chi connectivity index (χ0n) is 6.32. The summed E-state index contributed by atoms with van der Waals surface area (Å²) in [7, 11) is 1.17. The molecule has 1 rings (SSSR count). The van der Waals surface area contributed by atoms with Crippen molar-refractivity contribution in [1.82, 2.24) is 4.98 Å². The van der Waals surface area contributed by atoms with E-state index in [4.69, 9.17) is 0 Å². The molecule has 0 radical (unpaired) electrons. The summed E-state index contributed by atoms with van der Waals surface area (Å²) in [5.41, 5.74) is 0. The largest absolute Gasteiger partial charge is 0.345 e. The Bertz CT molecular complexity index is 66.6. The molecule has 0 saturated heterocycles. The average Bonchev–Trinajstić information content (AvgIpc) is 1.91. The molecule has 0 aromatic carbocycles. The highest BCUT2D eigenvalue weighted by molar-refractivity contribution is 6.04. The normalized spacial score (nSPS) is 22.7. The van der Waals surface area contributed by atoms with E-state index in [-0.39, 0.29) is 0 Å². The van der Waals surface area contributed by atoms with Crippen LogP contribution >= 0.6 is 0 Å². The minimum absolute atomic E-state index is 1.02. The van der Waals surface area contributed by atoms with Crippen LogP contribution in [0.15, 0.2) is 0 Å². The molecule has 1 aliphatic carbocycles. The fourth-order valence-electron chi connectivity index (χ4n) is 1.68. The Morgan fingerprint density at radius 1 is 1.22 bits per heavy atom. The molecule has 9 heavy (non-hydrogen) atoms. The highest BCUT2D eigenvalue weighted by atomic mass is 28.2. The van der Waals surface area contributed by atoms with E-state index in [9.17, 15) is 0 Å². The number of rotatable bonds is 2. The van der Waals surface area contributed by atoms with Gasteiger partial charge in [0, 0.05) is 0 Å². The Morgan fingerprint density at radius 3 is 2.44 bits per heavy atom. The molecule has 0 spiro atoms. The first-order valence-corrected chi connectivity index (χ1v) is 5.08. The maximum Gasteiger partial charge on any atom is 0.0749 e. The molecule has 0 aromatic heterocycles. The Hall–Kier alpha value is 0.177.